The lowest BCUT2D eigenvalue weighted by molar-refractivity contribution is 0.0744. The van der Waals surface area contributed by atoms with Crippen LogP contribution in [0.4, 0.5) is 5.69 Å². The Labute approximate surface area is 219 Å². The first-order valence-electron chi connectivity index (χ1n) is 12.6. The Morgan fingerprint density at radius 1 is 1.00 bits per heavy atom. The molecule has 2 aromatic carbocycles. The summed E-state index contributed by atoms with van der Waals surface area (Å²) in [5, 5.41) is 8.16. The summed E-state index contributed by atoms with van der Waals surface area (Å²) in [6.45, 7) is 9.36. The van der Waals surface area contributed by atoms with Gasteiger partial charge >= 0.3 is 0 Å². The number of nitrogens with zero attached hydrogens (tertiary/aromatic N) is 4. The van der Waals surface area contributed by atoms with Gasteiger partial charge in [0.05, 0.1) is 30.3 Å². The van der Waals surface area contributed by atoms with Gasteiger partial charge in [-0.1, -0.05) is 12.1 Å². The van der Waals surface area contributed by atoms with Crippen molar-refractivity contribution >= 4 is 24.0 Å². The maximum Gasteiger partial charge on any atom is 0.257 e. The number of piperazine rings is 1. The van der Waals surface area contributed by atoms with Crippen molar-refractivity contribution in [3.8, 4) is 11.4 Å². The Hall–Kier alpha value is -3.03. The van der Waals surface area contributed by atoms with Crippen LogP contribution in [0.3, 0.4) is 0 Å². The van der Waals surface area contributed by atoms with Crippen molar-refractivity contribution < 1.29 is 9.53 Å². The van der Waals surface area contributed by atoms with Crippen LogP contribution in [0.2, 0.25) is 0 Å². The Morgan fingerprint density at radius 3 is 2.36 bits per heavy atom. The zero-order chi connectivity index (χ0) is 24.4. The van der Waals surface area contributed by atoms with Crippen molar-refractivity contribution in [1.29, 1.82) is 0 Å². The molecule has 192 valence electrons. The second-order valence-electron chi connectivity index (χ2n) is 9.58. The monoisotopic (exact) mass is 509 g/mol. The first-order chi connectivity index (χ1) is 17.1. The molecule has 2 aliphatic heterocycles. The molecule has 7 nitrogen and oxygen atoms in total. The van der Waals surface area contributed by atoms with Crippen LogP contribution in [0.15, 0.2) is 48.7 Å². The zero-order valence-electron chi connectivity index (χ0n) is 21.4. The van der Waals surface area contributed by atoms with Gasteiger partial charge in [0, 0.05) is 37.8 Å². The van der Waals surface area contributed by atoms with Crippen LogP contribution in [0.25, 0.3) is 5.69 Å². The number of carbonyl (C=O) groups is 1. The average Bonchev–Trinajstić information content (AvgIpc) is 3.36. The minimum absolute atomic E-state index is 0. The summed E-state index contributed by atoms with van der Waals surface area (Å²) in [7, 11) is 1.67. The molecule has 0 atom stereocenters. The molecule has 1 amide bonds. The van der Waals surface area contributed by atoms with E-state index in [1.807, 2.05) is 33.8 Å². The molecular formula is C28H36ClN5O2. The van der Waals surface area contributed by atoms with E-state index in [1.165, 1.54) is 16.8 Å². The molecule has 2 fully saturated rings. The summed E-state index contributed by atoms with van der Waals surface area (Å²) in [6, 6.07) is 14.4. The fourth-order valence-electron chi connectivity index (χ4n) is 5.34. The number of aromatic nitrogens is 2. The van der Waals surface area contributed by atoms with E-state index >= 15 is 0 Å². The van der Waals surface area contributed by atoms with Gasteiger partial charge in [-0.15, -0.1) is 12.4 Å². The van der Waals surface area contributed by atoms with Gasteiger partial charge in [0.15, 0.2) is 0 Å². The Bertz CT molecular complexity index is 1180. The molecule has 0 radical (unpaired) electrons. The van der Waals surface area contributed by atoms with Crippen molar-refractivity contribution in [2.24, 2.45) is 0 Å². The highest BCUT2D eigenvalue weighted by atomic mass is 35.5. The van der Waals surface area contributed by atoms with Crippen LogP contribution in [0.5, 0.6) is 5.75 Å². The number of aryl methyl sites for hydroxylation is 1. The number of piperidine rings is 1. The lowest BCUT2D eigenvalue weighted by Gasteiger charge is -2.37. The van der Waals surface area contributed by atoms with Gasteiger partial charge in [0.1, 0.15) is 5.75 Å². The van der Waals surface area contributed by atoms with Crippen LogP contribution in [-0.2, 0) is 0 Å². The van der Waals surface area contributed by atoms with Gasteiger partial charge in [-0.3, -0.25) is 4.79 Å². The molecule has 36 heavy (non-hydrogen) atoms. The number of hydrogen-bond acceptors (Lipinski definition) is 5. The Kier molecular flexibility index (Phi) is 8.21. The standard InChI is InChI=1S/C28H35N5O2.ClH/c1-20-5-4-6-26(21(20)2)31-15-17-32(18-16-31)28(34)25-19-30-33(23-7-9-24(35-3)10-8-23)27(25)22-11-13-29-14-12-22;/h4-10,19,22,29H,11-18H2,1-3H3;1H. The van der Waals surface area contributed by atoms with E-state index in [-0.39, 0.29) is 18.3 Å². The van der Waals surface area contributed by atoms with Crippen molar-refractivity contribution in [2.45, 2.75) is 32.6 Å². The molecule has 1 N–H and O–H groups in total. The number of nitrogens with one attached hydrogen (secondary N) is 1. The molecule has 0 unspecified atom stereocenters. The maximum absolute atomic E-state index is 13.8. The van der Waals surface area contributed by atoms with Crippen molar-refractivity contribution in [3.05, 3.63) is 71.0 Å². The minimum atomic E-state index is 0. The van der Waals surface area contributed by atoms with Gasteiger partial charge in [0.2, 0.25) is 0 Å². The van der Waals surface area contributed by atoms with Crippen LogP contribution in [-0.4, -0.2) is 67.0 Å². The third-order valence-corrected chi connectivity index (χ3v) is 7.56. The minimum Gasteiger partial charge on any atom is -0.497 e. The lowest BCUT2D eigenvalue weighted by atomic mass is 9.91. The van der Waals surface area contributed by atoms with Gasteiger partial charge in [-0.05, 0) is 81.2 Å². The highest BCUT2D eigenvalue weighted by Gasteiger charge is 2.31. The average molecular weight is 510 g/mol. The third kappa shape index (κ3) is 5.08. The SMILES string of the molecule is COc1ccc(-n2ncc(C(=O)N3CCN(c4cccc(C)c4C)CC3)c2C2CCNCC2)cc1.Cl. The Balaban J connectivity index is 0.00000304. The van der Waals surface area contributed by atoms with E-state index < -0.39 is 0 Å². The molecule has 0 aliphatic carbocycles. The summed E-state index contributed by atoms with van der Waals surface area (Å²) in [5.41, 5.74) is 6.64. The van der Waals surface area contributed by atoms with E-state index in [4.69, 9.17) is 9.84 Å². The van der Waals surface area contributed by atoms with Crippen molar-refractivity contribution in [3.63, 3.8) is 0 Å². The smallest absolute Gasteiger partial charge is 0.257 e. The first kappa shape index (κ1) is 26.0. The van der Waals surface area contributed by atoms with Gasteiger partial charge < -0.3 is 19.9 Å². The summed E-state index contributed by atoms with van der Waals surface area (Å²) in [5.74, 6) is 1.21. The predicted molar refractivity (Wildman–Crippen MR) is 146 cm³/mol. The third-order valence-electron chi connectivity index (χ3n) is 7.56. The Morgan fingerprint density at radius 2 is 1.69 bits per heavy atom. The van der Waals surface area contributed by atoms with Gasteiger partial charge in [0.25, 0.3) is 5.91 Å². The number of hydrogen-bond donors (Lipinski definition) is 1. The fraction of sp³-hybridized carbons (Fsp3) is 0.429. The predicted octanol–water partition coefficient (Wildman–Crippen LogP) is 4.35. The van der Waals surface area contributed by atoms with Crippen LogP contribution in [0.1, 0.15) is 45.9 Å². The summed E-state index contributed by atoms with van der Waals surface area (Å²) >= 11 is 0. The van der Waals surface area contributed by atoms with E-state index in [2.05, 4.69) is 42.3 Å². The number of benzene rings is 2. The molecule has 8 heteroatoms. The number of methoxy groups -OCH3 is 1. The summed E-state index contributed by atoms with van der Waals surface area (Å²) in [4.78, 5) is 18.2. The molecule has 3 aromatic rings. The van der Waals surface area contributed by atoms with Crippen molar-refractivity contribution in [1.82, 2.24) is 20.0 Å². The van der Waals surface area contributed by atoms with Crippen LogP contribution >= 0.6 is 12.4 Å². The zero-order valence-corrected chi connectivity index (χ0v) is 22.2. The second-order valence-corrected chi connectivity index (χ2v) is 9.58. The van der Waals surface area contributed by atoms with Gasteiger partial charge in [-0.2, -0.15) is 5.10 Å². The molecule has 2 saturated heterocycles. The van der Waals surface area contributed by atoms with Gasteiger partial charge in [-0.25, -0.2) is 4.68 Å². The number of carbonyl (C=O) groups excluding carboxylic acids is 1. The molecular weight excluding hydrogens is 474 g/mol. The van der Waals surface area contributed by atoms with E-state index in [1.54, 1.807) is 13.3 Å². The molecule has 3 heterocycles. The summed E-state index contributed by atoms with van der Waals surface area (Å²) < 4.78 is 7.29. The highest BCUT2D eigenvalue weighted by molar-refractivity contribution is 5.95. The fourth-order valence-corrected chi connectivity index (χ4v) is 5.34. The number of amides is 1. The van der Waals surface area contributed by atoms with E-state index in [0.29, 0.717) is 19.0 Å². The molecule has 0 saturated carbocycles. The highest BCUT2D eigenvalue weighted by Crippen LogP contribution is 2.32. The summed E-state index contributed by atoms with van der Waals surface area (Å²) in [6.07, 6.45) is 3.78. The number of halogens is 1. The lowest BCUT2D eigenvalue weighted by Crippen LogP contribution is -2.49. The topological polar surface area (TPSA) is 62.6 Å². The van der Waals surface area contributed by atoms with Crippen LogP contribution in [0, 0.1) is 13.8 Å². The maximum atomic E-state index is 13.8. The number of rotatable bonds is 5. The largest absolute Gasteiger partial charge is 0.497 e. The van der Waals surface area contributed by atoms with Crippen LogP contribution < -0.4 is 15.0 Å². The molecule has 0 spiro atoms. The molecule has 1 aromatic heterocycles. The quantitative estimate of drug-likeness (QED) is 0.554. The number of anilines is 1. The van der Waals surface area contributed by atoms with Crippen molar-refractivity contribution in [2.75, 3.05) is 51.3 Å². The molecule has 5 rings (SSSR count). The second kappa shape index (κ2) is 11.4. The molecule has 2 aliphatic rings. The van der Waals surface area contributed by atoms with E-state index in [9.17, 15) is 4.79 Å². The number of ether oxygens (including phenoxy) is 1. The van der Waals surface area contributed by atoms with E-state index in [0.717, 1.165) is 61.7 Å². The molecule has 0 bridgehead atoms. The normalized spacial score (nSPS) is 16.5. The first-order valence-corrected chi connectivity index (χ1v) is 12.6.